The molecule has 2 heterocycles. The SMILES string of the molecule is Cc1cc(-c2c(C#N)ccc3c2oc2c(-c4cccc[n+]4C)c(C)ccc23)ccc1-c1ccccc1. The van der Waals surface area contributed by atoms with Gasteiger partial charge in [0.05, 0.1) is 17.2 Å². The van der Waals surface area contributed by atoms with Gasteiger partial charge in [-0.2, -0.15) is 5.26 Å². The monoisotopic (exact) mass is 465 g/mol. The molecule has 6 aromatic rings. The minimum atomic E-state index is 0.608. The number of aromatic nitrogens is 1. The number of pyridine rings is 1. The Bertz CT molecular complexity index is 1820. The number of rotatable bonds is 3. The first-order valence-electron chi connectivity index (χ1n) is 12.1. The second-order valence-corrected chi connectivity index (χ2v) is 9.31. The summed E-state index contributed by atoms with van der Waals surface area (Å²) in [6.45, 7) is 4.23. The van der Waals surface area contributed by atoms with E-state index in [-0.39, 0.29) is 0 Å². The topological polar surface area (TPSA) is 40.8 Å². The summed E-state index contributed by atoms with van der Waals surface area (Å²) in [6.07, 6.45) is 2.05. The molecular formula is C33H25N2O+. The van der Waals surface area contributed by atoms with Crippen LogP contribution in [-0.2, 0) is 7.05 Å². The molecule has 4 aromatic carbocycles. The molecule has 0 fully saturated rings. The predicted octanol–water partition coefficient (Wildman–Crippen LogP) is 7.90. The lowest BCUT2D eigenvalue weighted by atomic mass is 9.92. The van der Waals surface area contributed by atoms with Crippen molar-refractivity contribution >= 4 is 21.9 Å². The van der Waals surface area contributed by atoms with Gasteiger partial charge in [0.25, 0.3) is 0 Å². The van der Waals surface area contributed by atoms with Gasteiger partial charge in [0.2, 0.25) is 5.69 Å². The molecule has 0 aliphatic heterocycles. The Morgan fingerprint density at radius 2 is 1.42 bits per heavy atom. The quantitative estimate of drug-likeness (QED) is 0.249. The zero-order chi connectivity index (χ0) is 24.8. The van der Waals surface area contributed by atoms with Gasteiger partial charge < -0.3 is 4.42 Å². The van der Waals surface area contributed by atoms with E-state index in [2.05, 4.69) is 85.1 Å². The summed E-state index contributed by atoms with van der Waals surface area (Å²) in [5, 5.41) is 12.1. The van der Waals surface area contributed by atoms with Crippen LogP contribution < -0.4 is 4.57 Å². The fraction of sp³-hybridized carbons (Fsp3) is 0.0909. The van der Waals surface area contributed by atoms with Gasteiger partial charge in [-0.1, -0.05) is 60.7 Å². The van der Waals surface area contributed by atoms with E-state index in [1.165, 1.54) is 11.1 Å². The molecule has 0 aliphatic rings. The molecule has 6 rings (SSSR count). The van der Waals surface area contributed by atoms with Gasteiger partial charge in [0, 0.05) is 28.5 Å². The predicted molar refractivity (Wildman–Crippen MR) is 145 cm³/mol. The van der Waals surface area contributed by atoms with Crippen LogP contribution in [0.15, 0.2) is 102 Å². The van der Waals surface area contributed by atoms with E-state index in [9.17, 15) is 5.26 Å². The lowest BCUT2D eigenvalue weighted by Gasteiger charge is -2.11. The Kier molecular flexibility index (Phi) is 5.16. The number of nitriles is 1. The maximum absolute atomic E-state index is 10.0. The summed E-state index contributed by atoms with van der Waals surface area (Å²) in [6, 6.07) is 33.6. The Morgan fingerprint density at radius 1 is 0.694 bits per heavy atom. The highest BCUT2D eigenvalue weighted by molar-refractivity contribution is 6.14. The number of aryl methyl sites for hydroxylation is 3. The molecule has 0 N–H and O–H groups in total. The minimum Gasteiger partial charge on any atom is -0.454 e. The first-order chi connectivity index (χ1) is 17.6. The van der Waals surface area contributed by atoms with Gasteiger partial charge in [-0.05, 0) is 59.9 Å². The summed E-state index contributed by atoms with van der Waals surface area (Å²) in [7, 11) is 2.05. The minimum absolute atomic E-state index is 0.608. The second-order valence-electron chi connectivity index (χ2n) is 9.31. The molecule has 36 heavy (non-hydrogen) atoms. The number of furan rings is 1. The average Bonchev–Trinajstić information content (AvgIpc) is 3.27. The Morgan fingerprint density at radius 3 is 2.14 bits per heavy atom. The number of hydrogen-bond donors (Lipinski definition) is 0. The van der Waals surface area contributed by atoms with Crippen molar-refractivity contribution in [3.63, 3.8) is 0 Å². The summed E-state index contributed by atoms with van der Waals surface area (Å²) in [5.41, 5.74) is 10.9. The fourth-order valence-corrected chi connectivity index (χ4v) is 5.24. The molecule has 0 bridgehead atoms. The highest BCUT2D eigenvalue weighted by Crippen LogP contribution is 2.42. The molecule has 0 saturated heterocycles. The average molecular weight is 466 g/mol. The molecule has 0 unspecified atom stereocenters. The first kappa shape index (κ1) is 21.8. The third-order valence-electron chi connectivity index (χ3n) is 7.05. The maximum atomic E-state index is 10.0. The number of hydrogen-bond acceptors (Lipinski definition) is 2. The lowest BCUT2D eigenvalue weighted by molar-refractivity contribution is -0.660. The molecule has 0 aliphatic carbocycles. The van der Waals surface area contributed by atoms with E-state index in [0.29, 0.717) is 5.56 Å². The number of nitrogens with zero attached hydrogens (tertiary/aromatic N) is 2. The van der Waals surface area contributed by atoms with E-state index in [0.717, 1.165) is 55.4 Å². The van der Waals surface area contributed by atoms with Crippen molar-refractivity contribution in [1.29, 1.82) is 5.26 Å². The fourth-order valence-electron chi connectivity index (χ4n) is 5.24. The normalized spacial score (nSPS) is 11.2. The van der Waals surface area contributed by atoms with E-state index >= 15 is 0 Å². The number of benzene rings is 4. The summed E-state index contributed by atoms with van der Waals surface area (Å²) < 4.78 is 8.81. The van der Waals surface area contributed by atoms with Crippen molar-refractivity contribution in [2.75, 3.05) is 0 Å². The van der Waals surface area contributed by atoms with Crippen molar-refractivity contribution < 1.29 is 8.98 Å². The van der Waals surface area contributed by atoms with E-state index in [1.54, 1.807) is 0 Å². The van der Waals surface area contributed by atoms with Crippen LogP contribution in [0.2, 0.25) is 0 Å². The van der Waals surface area contributed by atoms with Gasteiger partial charge >= 0.3 is 0 Å². The summed E-state index contributed by atoms with van der Waals surface area (Å²) in [4.78, 5) is 0. The van der Waals surface area contributed by atoms with E-state index < -0.39 is 0 Å². The van der Waals surface area contributed by atoms with Crippen LogP contribution in [0.4, 0.5) is 0 Å². The third-order valence-corrected chi connectivity index (χ3v) is 7.05. The van der Waals surface area contributed by atoms with Crippen molar-refractivity contribution in [2.24, 2.45) is 7.05 Å². The van der Waals surface area contributed by atoms with Crippen molar-refractivity contribution in [3.8, 4) is 39.6 Å². The van der Waals surface area contributed by atoms with Crippen LogP contribution in [0.1, 0.15) is 16.7 Å². The lowest BCUT2D eigenvalue weighted by Crippen LogP contribution is -2.30. The molecule has 172 valence electrons. The second kappa shape index (κ2) is 8.52. The van der Waals surface area contributed by atoms with Crippen LogP contribution >= 0.6 is 0 Å². The Hall–Kier alpha value is -4.68. The molecule has 0 amide bonds. The molecule has 2 aromatic heterocycles. The summed E-state index contributed by atoms with van der Waals surface area (Å²) in [5.74, 6) is 0. The van der Waals surface area contributed by atoms with E-state index in [1.807, 2.05) is 43.6 Å². The highest BCUT2D eigenvalue weighted by Gasteiger charge is 2.23. The van der Waals surface area contributed by atoms with Crippen LogP contribution in [0.3, 0.4) is 0 Å². The maximum Gasteiger partial charge on any atom is 0.216 e. The van der Waals surface area contributed by atoms with Crippen LogP contribution in [0.25, 0.3) is 55.4 Å². The largest absolute Gasteiger partial charge is 0.454 e. The van der Waals surface area contributed by atoms with Crippen LogP contribution in [0, 0.1) is 25.2 Å². The molecule has 3 nitrogen and oxygen atoms in total. The first-order valence-corrected chi connectivity index (χ1v) is 12.1. The molecule has 0 atom stereocenters. The van der Waals surface area contributed by atoms with Crippen LogP contribution in [-0.4, -0.2) is 0 Å². The van der Waals surface area contributed by atoms with Gasteiger partial charge in [-0.25, -0.2) is 4.57 Å². The Labute approximate surface area is 210 Å². The van der Waals surface area contributed by atoms with Gasteiger partial charge in [0.1, 0.15) is 18.2 Å². The standard InChI is InChI=1S/C33H25N2O/c1-21-12-15-27-28-17-14-25(20-34)31(24-13-16-26(22(2)19-24)23-9-5-4-6-10-23)33(28)36-32(27)30(21)29-11-7-8-18-35(29)3/h4-19H,1-3H3/q+1. The van der Waals surface area contributed by atoms with Crippen LogP contribution in [0.5, 0.6) is 0 Å². The molecular weight excluding hydrogens is 440 g/mol. The molecule has 0 radical (unpaired) electrons. The summed E-state index contributed by atoms with van der Waals surface area (Å²) >= 11 is 0. The Balaban J connectivity index is 1.64. The smallest absolute Gasteiger partial charge is 0.216 e. The molecule has 0 saturated carbocycles. The highest BCUT2D eigenvalue weighted by atomic mass is 16.3. The molecule has 3 heteroatoms. The van der Waals surface area contributed by atoms with Crippen molar-refractivity contribution in [2.45, 2.75) is 13.8 Å². The third kappa shape index (κ3) is 3.39. The van der Waals surface area contributed by atoms with Crippen molar-refractivity contribution in [3.05, 3.63) is 114 Å². The van der Waals surface area contributed by atoms with Gasteiger partial charge in [-0.15, -0.1) is 0 Å². The van der Waals surface area contributed by atoms with Crippen molar-refractivity contribution in [1.82, 2.24) is 0 Å². The molecule has 0 spiro atoms. The van der Waals surface area contributed by atoms with E-state index in [4.69, 9.17) is 4.42 Å². The number of fused-ring (bicyclic) bond motifs is 3. The van der Waals surface area contributed by atoms with Gasteiger partial charge in [0.15, 0.2) is 6.20 Å². The zero-order valence-electron chi connectivity index (χ0n) is 20.5. The zero-order valence-corrected chi connectivity index (χ0v) is 20.5. The van der Waals surface area contributed by atoms with Gasteiger partial charge in [-0.3, -0.25) is 0 Å².